The summed E-state index contributed by atoms with van der Waals surface area (Å²) >= 11 is 0. The molecule has 0 aliphatic heterocycles. The molecule has 0 radical (unpaired) electrons. The summed E-state index contributed by atoms with van der Waals surface area (Å²) in [6.07, 6.45) is 5.20. The molecule has 0 spiro atoms. The van der Waals surface area contributed by atoms with Gasteiger partial charge >= 0.3 is 0 Å². The molecular weight excluding hydrogens is 142 g/mol. The van der Waals surface area contributed by atoms with Gasteiger partial charge in [0, 0.05) is 12.7 Å². The quantitative estimate of drug-likeness (QED) is 0.258. The second-order valence-electron chi connectivity index (χ2n) is 2.12. The molecule has 4 heteroatoms. The van der Waals surface area contributed by atoms with Crippen molar-refractivity contribution in [2.45, 2.75) is 0 Å². The third kappa shape index (κ3) is 9.16. The SMILES string of the molecule is C=CCNN/C=C\C[NH+](C)[O-]. The summed E-state index contributed by atoms with van der Waals surface area (Å²) in [7, 11) is 1.56. The average molecular weight is 157 g/mol. The summed E-state index contributed by atoms with van der Waals surface area (Å²) < 4.78 is 0. The van der Waals surface area contributed by atoms with E-state index in [1.54, 1.807) is 25.4 Å². The van der Waals surface area contributed by atoms with Crippen LogP contribution in [0.25, 0.3) is 0 Å². The van der Waals surface area contributed by atoms with E-state index in [1.165, 1.54) is 0 Å². The molecule has 0 aromatic heterocycles. The summed E-state index contributed by atoms with van der Waals surface area (Å²) in [5, 5.41) is 10.6. The van der Waals surface area contributed by atoms with Gasteiger partial charge in [-0.3, -0.25) is 0 Å². The molecule has 0 bridgehead atoms. The van der Waals surface area contributed by atoms with Crippen molar-refractivity contribution < 1.29 is 5.06 Å². The fourth-order valence-corrected chi connectivity index (χ4v) is 0.474. The smallest absolute Gasteiger partial charge is 0.0970 e. The van der Waals surface area contributed by atoms with E-state index >= 15 is 0 Å². The van der Waals surface area contributed by atoms with Crippen molar-refractivity contribution in [3.05, 3.63) is 30.1 Å². The van der Waals surface area contributed by atoms with Crippen LogP contribution in [0.1, 0.15) is 0 Å². The van der Waals surface area contributed by atoms with Gasteiger partial charge in [0.1, 0.15) is 0 Å². The Morgan fingerprint density at radius 1 is 1.64 bits per heavy atom. The second-order valence-corrected chi connectivity index (χ2v) is 2.12. The summed E-state index contributed by atoms with van der Waals surface area (Å²) in [6.45, 7) is 4.70. The molecule has 0 saturated heterocycles. The number of nitrogens with one attached hydrogen (secondary N) is 3. The maximum absolute atomic E-state index is 10.4. The lowest BCUT2D eigenvalue weighted by atomic mass is 10.6. The minimum absolute atomic E-state index is 0.159. The number of quaternary nitrogens is 1. The Morgan fingerprint density at radius 2 is 2.36 bits per heavy atom. The molecule has 1 unspecified atom stereocenters. The molecule has 0 aromatic rings. The zero-order chi connectivity index (χ0) is 8.53. The Balaban J connectivity index is 3.09. The van der Waals surface area contributed by atoms with Gasteiger partial charge in [0.05, 0.1) is 13.6 Å². The van der Waals surface area contributed by atoms with Crippen LogP contribution in [0.2, 0.25) is 0 Å². The van der Waals surface area contributed by atoms with Gasteiger partial charge in [-0.15, -0.1) is 6.58 Å². The van der Waals surface area contributed by atoms with Crippen molar-refractivity contribution >= 4 is 0 Å². The van der Waals surface area contributed by atoms with E-state index in [1.807, 2.05) is 0 Å². The molecule has 0 aliphatic rings. The Labute approximate surface area is 67.1 Å². The summed E-state index contributed by atoms with van der Waals surface area (Å²) in [4.78, 5) is 0. The molecule has 64 valence electrons. The number of hydroxylamine groups is 2. The fraction of sp³-hybridized carbons (Fsp3) is 0.429. The molecule has 0 aromatic carbocycles. The van der Waals surface area contributed by atoms with Crippen LogP contribution in [-0.4, -0.2) is 20.1 Å². The van der Waals surface area contributed by atoms with Gasteiger partial charge in [-0.25, -0.2) is 5.43 Å². The molecule has 0 aliphatic carbocycles. The minimum Gasteiger partial charge on any atom is -0.634 e. The summed E-state index contributed by atoms with van der Waals surface area (Å²) in [5.74, 6) is 0. The van der Waals surface area contributed by atoms with Crippen LogP contribution in [0, 0.1) is 5.21 Å². The first-order chi connectivity index (χ1) is 5.27. The number of hydrazine groups is 1. The van der Waals surface area contributed by atoms with Crippen molar-refractivity contribution in [2.24, 2.45) is 0 Å². The minimum atomic E-state index is 0.159. The zero-order valence-corrected chi connectivity index (χ0v) is 6.76. The zero-order valence-electron chi connectivity index (χ0n) is 6.76. The van der Waals surface area contributed by atoms with Crippen molar-refractivity contribution in [1.82, 2.24) is 10.9 Å². The van der Waals surface area contributed by atoms with Crippen LogP contribution in [0.5, 0.6) is 0 Å². The number of rotatable bonds is 6. The Kier molecular flexibility index (Phi) is 6.71. The molecule has 0 amide bonds. The molecular formula is C7H15N3O. The van der Waals surface area contributed by atoms with Crippen molar-refractivity contribution in [3.8, 4) is 0 Å². The van der Waals surface area contributed by atoms with Crippen LogP contribution in [0.4, 0.5) is 0 Å². The first-order valence-corrected chi connectivity index (χ1v) is 3.51. The van der Waals surface area contributed by atoms with Crippen LogP contribution in [0.3, 0.4) is 0 Å². The molecule has 1 atom stereocenters. The van der Waals surface area contributed by atoms with Gasteiger partial charge in [-0.2, -0.15) is 0 Å². The highest BCUT2D eigenvalue weighted by Gasteiger charge is 1.78. The fourth-order valence-electron chi connectivity index (χ4n) is 0.474. The van der Waals surface area contributed by atoms with Gasteiger partial charge in [-0.1, -0.05) is 6.08 Å². The molecule has 0 heterocycles. The lowest BCUT2D eigenvalue weighted by Crippen LogP contribution is -3.03. The third-order valence-electron chi connectivity index (χ3n) is 0.955. The standard InChI is InChI=1S/C7H15N3O/c1-3-5-8-9-6-4-7-10(2)11/h3-4,6,8-10H,1,5,7H2,2H3/b6-4-. The van der Waals surface area contributed by atoms with Gasteiger partial charge in [0.15, 0.2) is 0 Å². The molecule has 0 fully saturated rings. The van der Waals surface area contributed by atoms with E-state index in [4.69, 9.17) is 0 Å². The topological polar surface area (TPSA) is 51.6 Å². The maximum atomic E-state index is 10.4. The van der Waals surface area contributed by atoms with Crippen LogP contribution < -0.4 is 15.9 Å². The van der Waals surface area contributed by atoms with Gasteiger partial charge in [-0.05, 0) is 6.08 Å². The van der Waals surface area contributed by atoms with E-state index in [0.29, 0.717) is 13.1 Å². The highest BCUT2D eigenvalue weighted by molar-refractivity contribution is 4.78. The largest absolute Gasteiger partial charge is 0.634 e. The molecule has 3 N–H and O–H groups in total. The van der Waals surface area contributed by atoms with E-state index < -0.39 is 0 Å². The molecule has 0 saturated carbocycles. The van der Waals surface area contributed by atoms with Crippen molar-refractivity contribution in [2.75, 3.05) is 20.1 Å². The highest BCUT2D eigenvalue weighted by Crippen LogP contribution is 1.59. The average Bonchev–Trinajstić information content (AvgIpc) is 1.96. The molecule has 4 nitrogen and oxygen atoms in total. The van der Waals surface area contributed by atoms with Crippen LogP contribution in [0.15, 0.2) is 24.9 Å². The van der Waals surface area contributed by atoms with Crippen LogP contribution >= 0.6 is 0 Å². The van der Waals surface area contributed by atoms with Crippen molar-refractivity contribution in [1.29, 1.82) is 0 Å². The van der Waals surface area contributed by atoms with E-state index in [2.05, 4.69) is 17.4 Å². The monoisotopic (exact) mass is 157 g/mol. The summed E-state index contributed by atoms with van der Waals surface area (Å²) in [6, 6.07) is 0. The van der Waals surface area contributed by atoms with Crippen molar-refractivity contribution in [3.63, 3.8) is 0 Å². The maximum Gasteiger partial charge on any atom is 0.0970 e. The van der Waals surface area contributed by atoms with Gasteiger partial charge in [0.25, 0.3) is 0 Å². The Bertz CT molecular complexity index is 123. The van der Waals surface area contributed by atoms with Gasteiger partial charge in [0.2, 0.25) is 0 Å². The van der Waals surface area contributed by atoms with E-state index in [9.17, 15) is 5.21 Å². The van der Waals surface area contributed by atoms with E-state index in [0.717, 1.165) is 0 Å². The number of likely N-dealkylation sites (N-methyl/N-ethyl adjacent to an activating group) is 1. The third-order valence-corrected chi connectivity index (χ3v) is 0.955. The number of hydrogen-bond donors (Lipinski definition) is 3. The van der Waals surface area contributed by atoms with E-state index in [-0.39, 0.29) is 5.06 Å². The predicted molar refractivity (Wildman–Crippen MR) is 45.6 cm³/mol. The predicted octanol–water partition coefficient (Wildman–Crippen LogP) is -1.21. The first kappa shape index (κ1) is 10.2. The first-order valence-electron chi connectivity index (χ1n) is 3.51. The molecule has 11 heavy (non-hydrogen) atoms. The lowest BCUT2D eigenvalue weighted by Gasteiger charge is -2.12. The Hall–Kier alpha value is -0.840. The Morgan fingerprint density at radius 3 is 2.91 bits per heavy atom. The normalized spacial score (nSPS) is 13.3. The lowest BCUT2D eigenvalue weighted by molar-refractivity contribution is -0.818. The van der Waals surface area contributed by atoms with Gasteiger partial charge < -0.3 is 15.7 Å². The summed E-state index contributed by atoms with van der Waals surface area (Å²) in [5.41, 5.74) is 5.63. The number of hydrogen-bond acceptors (Lipinski definition) is 3. The van der Waals surface area contributed by atoms with Crippen LogP contribution in [-0.2, 0) is 0 Å². The highest BCUT2D eigenvalue weighted by atomic mass is 16.5. The second kappa shape index (κ2) is 7.27. The molecule has 0 rings (SSSR count).